The largest absolute Gasteiger partial charge is 0.307 e. The van der Waals surface area contributed by atoms with Gasteiger partial charge in [0.2, 0.25) is 0 Å². The van der Waals surface area contributed by atoms with Crippen molar-refractivity contribution in [3.05, 3.63) is 34.9 Å². The van der Waals surface area contributed by atoms with Gasteiger partial charge in [0.25, 0.3) is 0 Å². The molecule has 1 aromatic carbocycles. The van der Waals surface area contributed by atoms with E-state index in [1.807, 2.05) is 0 Å². The monoisotopic (exact) mass is 231 g/mol. The van der Waals surface area contributed by atoms with Gasteiger partial charge in [0, 0.05) is 12.1 Å². The van der Waals surface area contributed by atoms with Crippen LogP contribution in [0.5, 0.6) is 0 Å². The van der Waals surface area contributed by atoms with Gasteiger partial charge >= 0.3 is 0 Å². The molecule has 0 unspecified atom stereocenters. The van der Waals surface area contributed by atoms with Crippen molar-refractivity contribution in [2.45, 2.75) is 65.0 Å². The third kappa shape index (κ3) is 3.32. The van der Waals surface area contributed by atoms with E-state index in [9.17, 15) is 0 Å². The van der Waals surface area contributed by atoms with Crippen LogP contribution in [0.4, 0.5) is 0 Å². The first-order valence-electron chi connectivity index (χ1n) is 6.90. The number of aryl methyl sites for hydroxylation is 2. The minimum Gasteiger partial charge on any atom is -0.307 e. The molecule has 0 radical (unpaired) electrons. The fraction of sp³-hybridized carbons (Fsp3) is 0.625. The first-order valence-corrected chi connectivity index (χ1v) is 6.90. The zero-order chi connectivity index (χ0) is 12.3. The third-order valence-corrected chi connectivity index (χ3v) is 4.17. The van der Waals surface area contributed by atoms with Crippen molar-refractivity contribution < 1.29 is 0 Å². The van der Waals surface area contributed by atoms with E-state index in [1.165, 1.54) is 48.8 Å². The average molecular weight is 231 g/mol. The maximum atomic E-state index is 3.78. The van der Waals surface area contributed by atoms with Crippen LogP contribution in [0.1, 0.15) is 55.7 Å². The molecular weight excluding hydrogens is 206 g/mol. The smallest absolute Gasteiger partial charge is 0.0213 e. The molecule has 2 rings (SSSR count). The van der Waals surface area contributed by atoms with Gasteiger partial charge in [-0.15, -0.1) is 0 Å². The minimum absolute atomic E-state index is 0.369. The molecule has 1 aromatic rings. The van der Waals surface area contributed by atoms with E-state index in [-0.39, 0.29) is 0 Å². The van der Waals surface area contributed by atoms with Crippen LogP contribution in [0.15, 0.2) is 18.2 Å². The van der Waals surface area contributed by atoms with Gasteiger partial charge in [-0.3, -0.25) is 0 Å². The summed E-state index contributed by atoms with van der Waals surface area (Å²) in [5.41, 5.74) is 4.59. The summed E-state index contributed by atoms with van der Waals surface area (Å²) >= 11 is 0. The molecule has 94 valence electrons. The van der Waals surface area contributed by atoms with Crippen LogP contribution in [0.3, 0.4) is 0 Å². The van der Waals surface area contributed by atoms with Crippen molar-refractivity contribution in [2.24, 2.45) is 0 Å². The molecule has 0 saturated heterocycles. The Morgan fingerprint density at radius 1 is 1.12 bits per heavy atom. The zero-order valence-electron chi connectivity index (χ0n) is 11.5. The number of nitrogens with one attached hydrogen (secondary N) is 1. The van der Waals surface area contributed by atoms with E-state index in [1.54, 1.807) is 0 Å². The minimum atomic E-state index is 0.369. The van der Waals surface area contributed by atoms with Crippen molar-refractivity contribution >= 4 is 0 Å². The Bertz CT molecular complexity index is 375. The molecule has 0 aliphatic heterocycles. The Kier molecular flexibility index (Phi) is 3.88. The van der Waals surface area contributed by atoms with Crippen molar-refractivity contribution in [2.75, 3.05) is 0 Å². The molecule has 1 saturated carbocycles. The summed E-state index contributed by atoms with van der Waals surface area (Å²) in [5, 5.41) is 3.78. The lowest BCUT2D eigenvalue weighted by Crippen LogP contribution is -2.43. The van der Waals surface area contributed by atoms with E-state index < -0.39 is 0 Å². The van der Waals surface area contributed by atoms with Crippen LogP contribution in [0.25, 0.3) is 0 Å². The molecule has 0 spiro atoms. The van der Waals surface area contributed by atoms with Gasteiger partial charge < -0.3 is 5.32 Å². The topological polar surface area (TPSA) is 12.0 Å². The highest BCUT2D eigenvalue weighted by molar-refractivity contribution is 5.30. The lowest BCUT2D eigenvalue weighted by molar-refractivity contribution is 0.252. The normalized spacial score (nSPS) is 19.2. The quantitative estimate of drug-likeness (QED) is 0.825. The summed E-state index contributed by atoms with van der Waals surface area (Å²) in [7, 11) is 0. The Balaban J connectivity index is 1.99. The molecule has 1 nitrogen and oxygen atoms in total. The molecule has 0 amide bonds. The lowest BCUT2D eigenvalue weighted by atomic mass is 9.83. The molecular formula is C16H25N. The van der Waals surface area contributed by atoms with Crippen LogP contribution in [0, 0.1) is 13.8 Å². The van der Waals surface area contributed by atoms with Gasteiger partial charge in [-0.25, -0.2) is 0 Å². The number of benzene rings is 1. The molecule has 1 heteroatoms. The molecule has 17 heavy (non-hydrogen) atoms. The summed E-state index contributed by atoms with van der Waals surface area (Å²) in [6.07, 6.45) is 6.85. The van der Waals surface area contributed by atoms with E-state index in [2.05, 4.69) is 44.3 Å². The van der Waals surface area contributed by atoms with Crippen molar-refractivity contribution in [3.8, 4) is 0 Å². The Morgan fingerprint density at radius 2 is 1.82 bits per heavy atom. The fourth-order valence-electron chi connectivity index (χ4n) is 2.81. The van der Waals surface area contributed by atoms with Crippen LogP contribution in [-0.2, 0) is 6.54 Å². The molecule has 1 aliphatic carbocycles. The molecule has 1 fully saturated rings. The highest BCUT2D eigenvalue weighted by atomic mass is 15.0. The maximum absolute atomic E-state index is 3.78. The Labute approximate surface area is 106 Å². The van der Waals surface area contributed by atoms with E-state index in [0.29, 0.717) is 5.54 Å². The van der Waals surface area contributed by atoms with E-state index in [0.717, 1.165) is 6.54 Å². The van der Waals surface area contributed by atoms with Gasteiger partial charge in [0.05, 0.1) is 0 Å². The molecule has 0 heterocycles. The second-order valence-electron chi connectivity index (χ2n) is 5.90. The molecule has 0 atom stereocenters. The highest BCUT2D eigenvalue weighted by Gasteiger charge is 2.25. The SMILES string of the molecule is Cc1ccc(C)c(CNC2(C)CCCCC2)c1. The highest BCUT2D eigenvalue weighted by Crippen LogP contribution is 2.28. The van der Waals surface area contributed by atoms with Crippen LogP contribution >= 0.6 is 0 Å². The zero-order valence-corrected chi connectivity index (χ0v) is 11.5. The van der Waals surface area contributed by atoms with Crippen molar-refractivity contribution in [3.63, 3.8) is 0 Å². The van der Waals surface area contributed by atoms with E-state index in [4.69, 9.17) is 0 Å². The summed E-state index contributed by atoms with van der Waals surface area (Å²) in [5.74, 6) is 0. The van der Waals surface area contributed by atoms with Gasteiger partial charge in [-0.2, -0.15) is 0 Å². The Morgan fingerprint density at radius 3 is 2.53 bits per heavy atom. The predicted octanol–water partition coefficient (Wildman–Crippen LogP) is 4.12. The number of rotatable bonds is 3. The summed E-state index contributed by atoms with van der Waals surface area (Å²) in [4.78, 5) is 0. The van der Waals surface area contributed by atoms with Gasteiger partial charge in [0.15, 0.2) is 0 Å². The first kappa shape index (κ1) is 12.6. The molecule has 0 bridgehead atoms. The van der Waals surface area contributed by atoms with Crippen LogP contribution in [-0.4, -0.2) is 5.54 Å². The summed E-state index contributed by atoms with van der Waals surface area (Å²) in [6, 6.07) is 6.74. The maximum Gasteiger partial charge on any atom is 0.0213 e. The van der Waals surface area contributed by atoms with Gasteiger partial charge in [-0.1, -0.05) is 43.0 Å². The van der Waals surface area contributed by atoms with Crippen molar-refractivity contribution in [1.29, 1.82) is 0 Å². The third-order valence-electron chi connectivity index (χ3n) is 4.17. The number of hydrogen-bond donors (Lipinski definition) is 1. The molecule has 1 N–H and O–H groups in total. The van der Waals surface area contributed by atoms with Gasteiger partial charge in [-0.05, 0) is 44.7 Å². The van der Waals surface area contributed by atoms with Crippen molar-refractivity contribution in [1.82, 2.24) is 5.32 Å². The standard InChI is InChI=1S/C16H25N/c1-13-7-8-14(2)15(11-13)12-17-16(3)9-5-4-6-10-16/h7-8,11,17H,4-6,9-10,12H2,1-3H3. The second-order valence-corrected chi connectivity index (χ2v) is 5.90. The fourth-order valence-corrected chi connectivity index (χ4v) is 2.81. The molecule has 0 aromatic heterocycles. The lowest BCUT2D eigenvalue weighted by Gasteiger charge is -2.35. The predicted molar refractivity (Wildman–Crippen MR) is 74.2 cm³/mol. The number of hydrogen-bond acceptors (Lipinski definition) is 1. The summed E-state index contributed by atoms with van der Waals surface area (Å²) in [6.45, 7) is 7.78. The van der Waals surface area contributed by atoms with Crippen LogP contribution in [0.2, 0.25) is 0 Å². The first-order chi connectivity index (χ1) is 8.09. The van der Waals surface area contributed by atoms with E-state index >= 15 is 0 Å². The molecule has 1 aliphatic rings. The average Bonchev–Trinajstić information content (AvgIpc) is 2.31. The van der Waals surface area contributed by atoms with Gasteiger partial charge in [0.1, 0.15) is 0 Å². The van der Waals surface area contributed by atoms with Crippen LogP contribution < -0.4 is 5.32 Å². The second kappa shape index (κ2) is 5.22. The summed E-state index contributed by atoms with van der Waals surface area (Å²) < 4.78 is 0. The Hall–Kier alpha value is -0.820.